The monoisotopic (exact) mass is 290 g/mol. The van der Waals surface area contributed by atoms with Crippen LogP contribution >= 0.6 is 11.6 Å². The molecule has 0 aromatic carbocycles. The fourth-order valence-corrected chi connectivity index (χ4v) is 3.34. The molecule has 0 amide bonds. The first-order valence-electron chi connectivity index (χ1n) is 5.55. The molecule has 1 aliphatic carbocycles. The first-order valence-corrected chi connectivity index (χ1v) is 7.41. The SMILES string of the molecule is CC1(C)C(O)CC1NS(=O)(=O)c1ccc(Cl)nc1. The molecular formula is C11H15ClN2O3S. The summed E-state index contributed by atoms with van der Waals surface area (Å²) < 4.78 is 26.7. The first kappa shape index (κ1) is 13.7. The van der Waals surface area contributed by atoms with Crippen LogP contribution in [-0.2, 0) is 10.0 Å². The molecule has 5 nitrogen and oxygen atoms in total. The van der Waals surface area contributed by atoms with Crippen molar-refractivity contribution in [2.75, 3.05) is 0 Å². The molecule has 2 rings (SSSR count). The summed E-state index contributed by atoms with van der Waals surface area (Å²) in [6, 6.07) is 2.56. The summed E-state index contributed by atoms with van der Waals surface area (Å²) in [4.78, 5) is 3.82. The molecule has 0 aliphatic heterocycles. The number of rotatable bonds is 3. The highest BCUT2D eigenvalue weighted by atomic mass is 35.5. The van der Waals surface area contributed by atoms with E-state index in [1.165, 1.54) is 18.3 Å². The molecule has 0 spiro atoms. The van der Waals surface area contributed by atoms with Crippen LogP contribution in [0.25, 0.3) is 0 Å². The van der Waals surface area contributed by atoms with Crippen LogP contribution in [0.3, 0.4) is 0 Å². The van der Waals surface area contributed by atoms with Crippen molar-refractivity contribution in [2.24, 2.45) is 5.41 Å². The van der Waals surface area contributed by atoms with Crippen LogP contribution in [0, 0.1) is 5.41 Å². The van der Waals surface area contributed by atoms with Gasteiger partial charge in [0.25, 0.3) is 0 Å². The van der Waals surface area contributed by atoms with E-state index in [0.29, 0.717) is 6.42 Å². The molecule has 2 unspecified atom stereocenters. The standard InChI is InChI=1S/C11H15ClN2O3S/c1-11(2)8(5-9(11)15)14-18(16,17)7-3-4-10(12)13-6-7/h3-4,6,8-9,14-15H,5H2,1-2H3. The van der Waals surface area contributed by atoms with Gasteiger partial charge in [-0.1, -0.05) is 25.4 Å². The number of aliphatic hydroxyl groups is 1. The van der Waals surface area contributed by atoms with E-state index in [0.717, 1.165) is 0 Å². The van der Waals surface area contributed by atoms with Crippen molar-refractivity contribution in [3.05, 3.63) is 23.5 Å². The molecule has 1 heterocycles. The molecule has 100 valence electrons. The van der Waals surface area contributed by atoms with Gasteiger partial charge in [-0.2, -0.15) is 0 Å². The Morgan fingerprint density at radius 3 is 2.61 bits per heavy atom. The molecule has 7 heteroatoms. The van der Waals surface area contributed by atoms with E-state index < -0.39 is 21.5 Å². The molecule has 1 saturated carbocycles. The smallest absolute Gasteiger partial charge is 0.242 e. The third kappa shape index (κ3) is 2.38. The molecule has 2 atom stereocenters. The number of aromatic nitrogens is 1. The highest BCUT2D eigenvalue weighted by molar-refractivity contribution is 7.89. The number of pyridine rings is 1. The Bertz CT molecular complexity index is 542. The molecular weight excluding hydrogens is 276 g/mol. The van der Waals surface area contributed by atoms with E-state index in [1.54, 1.807) is 0 Å². The minimum Gasteiger partial charge on any atom is -0.392 e. The van der Waals surface area contributed by atoms with Crippen LogP contribution in [0.15, 0.2) is 23.2 Å². The Labute approximate surface area is 111 Å². The van der Waals surface area contributed by atoms with Crippen molar-refractivity contribution in [1.82, 2.24) is 9.71 Å². The van der Waals surface area contributed by atoms with Gasteiger partial charge in [-0.3, -0.25) is 0 Å². The molecule has 0 saturated heterocycles. The number of hydrogen-bond acceptors (Lipinski definition) is 4. The molecule has 1 fully saturated rings. The van der Waals surface area contributed by atoms with Crippen molar-refractivity contribution in [2.45, 2.75) is 37.3 Å². The second-order valence-corrected chi connectivity index (χ2v) is 7.16. The molecule has 2 N–H and O–H groups in total. The quantitative estimate of drug-likeness (QED) is 0.819. The van der Waals surface area contributed by atoms with Crippen molar-refractivity contribution in [3.8, 4) is 0 Å². The van der Waals surface area contributed by atoms with Crippen LogP contribution in [0.1, 0.15) is 20.3 Å². The lowest BCUT2D eigenvalue weighted by atomic mass is 9.65. The molecule has 1 aromatic rings. The Morgan fingerprint density at radius 1 is 1.50 bits per heavy atom. The highest BCUT2D eigenvalue weighted by Gasteiger charge is 2.48. The fraction of sp³-hybridized carbons (Fsp3) is 0.545. The van der Waals surface area contributed by atoms with Gasteiger partial charge in [-0.25, -0.2) is 18.1 Å². The average molecular weight is 291 g/mol. The van der Waals surface area contributed by atoms with E-state index in [1.807, 2.05) is 13.8 Å². The van der Waals surface area contributed by atoms with Gasteiger partial charge in [0.05, 0.1) is 6.10 Å². The van der Waals surface area contributed by atoms with Gasteiger partial charge in [0, 0.05) is 17.7 Å². The number of nitrogens with one attached hydrogen (secondary N) is 1. The second kappa shape index (κ2) is 4.45. The number of halogens is 1. The largest absolute Gasteiger partial charge is 0.392 e. The summed E-state index contributed by atoms with van der Waals surface area (Å²) >= 11 is 5.61. The Kier molecular flexibility index (Phi) is 3.40. The summed E-state index contributed by atoms with van der Waals surface area (Å²) in [6.07, 6.45) is 1.16. The predicted octanol–water partition coefficient (Wildman–Crippen LogP) is 1.17. The van der Waals surface area contributed by atoms with Gasteiger partial charge in [0.1, 0.15) is 10.0 Å². The van der Waals surface area contributed by atoms with Crippen molar-refractivity contribution in [1.29, 1.82) is 0 Å². The van der Waals surface area contributed by atoms with Crippen LogP contribution in [0.5, 0.6) is 0 Å². The number of sulfonamides is 1. The van der Waals surface area contributed by atoms with Crippen LogP contribution in [-0.4, -0.2) is 30.7 Å². The second-order valence-electron chi connectivity index (χ2n) is 5.06. The molecule has 0 radical (unpaired) electrons. The third-order valence-corrected chi connectivity index (χ3v) is 5.20. The van der Waals surface area contributed by atoms with Crippen LogP contribution in [0.4, 0.5) is 0 Å². The van der Waals surface area contributed by atoms with E-state index in [4.69, 9.17) is 11.6 Å². The molecule has 1 aliphatic rings. The van der Waals surface area contributed by atoms with Crippen LogP contribution < -0.4 is 4.72 Å². The van der Waals surface area contributed by atoms with Gasteiger partial charge in [0.2, 0.25) is 10.0 Å². The summed E-state index contributed by atoms with van der Waals surface area (Å²) in [7, 11) is -3.61. The maximum atomic E-state index is 12.1. The summed E-state index contributed by atoms with van der Waals surface area (Å²) in [5.74, 6) is 0. The van der Waals surface area contributed by atoms with Crippen molar-refractivity contribution >= 4 is 21.6 Å². The number of hydrogen-bond donors (Lipinski definition) is 2. The molecule has 1 aromatic heterocycles. The lowest BCUT2D eigenvalue weighted by Crippen LogP contribution is -2.61. The van der Waals surface area contributed by atoms with E-state index in [9.17, 15) is 13.5 Å². The van der Waals surface area contributed by atoms with E-state index in [2.05, 4.69) is 9.71 Å². The summed E-state index contributed by atoms with van der Waals surface area (Å²) in [6.45, 7) is 3.66. The van der Waals surface area contributed by atoms with Crippen LogP contribution in [0.2, 0.25) is 5.15 Å². The van der Waals surface area contributed by atoms with E-state index in [-0.39, 0.29) is 16.1 Å². The minimum atomic E-state index is -3.61. The highest BCUT2D eigenvalue weighted by Crippen LogP contribution is 2.41. The summed E-state index contributed by atoms with van der Waals surface area (Å²) in [5.41, 5.74) is -0.451. The van der Waals surface area contributed by atoms with Gasteiger partial charge < -0.3 is 5.11 Å². The fourth-order valence-electron chi connectivity index (χ4n) is 1.88. The third-order valence-electron chi connectivity index (χ3n) is 3.52. The summed E-state index contributed by atoms with van der Waals surface area (Å²) in [5, 5.41) is 9.83. The number of aliphatic hydroxyl groups excluding tert-OH is 1. The Balaban J connectivity index is 2.16. The Hall–Kier alpha value is -0.690. The average Bonchev–Trinajstić information content (AvgIpc) is 2.29. The van der Waals surface area contributed by atoms with Crippen molar-refractivity contribution in [3.63, 3.8) is 0 Å². The topological polar surface area (TPSA) is 79.3 Å². The van der Waals surface area contributed by atoms with Gasteiger partial charge >= 0.3 is 0 Å². The van der Waals surface area contributed by atoms with Gasteiger partial charge in [0.15, 0.2) is 0 Å². The van der Waals surface area contributed by atoms with E-state index >= 15 is 0 Å². The Morgan fingerprint density at radius 2 is 2.17 bits per heavy atom. The molecule has 0 bridgehead atoms. The van der Waals surface area contributed by atoms with Gasteiger partial charge in [-0.15, -0.1) is 0 Å². The lowest BCUT2D eigenvalue weighted by molar-refractivity contribution is -0.0645. The van der Waals surface area contributed by atoms with Crippen molar-refractivity contribution < 1.29 is 13.5 Å². The normalized spacial score (nSPS) is 26.7. The lowest BCUT2D eigenvalue weighted by Gasteiger charge is -2.49. The zero-order valence-corrected chi connectivity index (χ0v) is 11.7. The predicted molar refractivity (Wildman–Crippen MR) is 67.8 cm³/mol. The minimum absolute atomic E-state index is 0.0732. The number of nitrogens with zero attached hydrogens (tertiary/aromatic N) is 1. The first-order chi connectivity index (χ1) is 8.23. The van der Waals surface area contributed by atoms with Gasteiger partial charge in [-0.05, 0) is 18.6 Å². The maximum Gasteiger partial charge on any atom is 0.242 e. The molecule has 18 heavy (non-hydrogen) atoms. The maximum absolute atomic E-state index is 12.1. The zero-order chi connectivity index (χ0) is 13.6. The zero-order valence-electron chi connectivity index (χ0n) is 10.1.